The zero-order valence-electron chi connectivity index (χ0n) is 37.7. The SMILES string of the molecule is COC(=O)N[C@H](C(=O)N1[C@@H]2C[C@@H]2C[C@H]1c1ncc(-c2ccc3c(c2)COc2cc4c(ccc5[nH]c([C@@H]6C[C@H](COC(F)F)CN6C(=O)[C@H](NC(=O)OC)c6ccccc6)nc54)cc2-3)[nH]1)[C@@H](C)OC. The van der Waals surface area contributed by atoms with Gasteiger partial charge >= 0.3 is 18.8 Å². The normalized spacial score (nSPS) is 21.7. The van der Waals surface area contributed by atoms with Crippen molar-refractivity contribution in [1.29, 1.82) is 0 Å². The Balaban J connectivity index is 0.915. The van der Waals surface area contributed by atoms with E-state index in [2.05, 4.69) is 38.8 Å². The molecule has 5 heterocycles. The number of alkyl carbamates (subject to hydrolysis) is 2. The number of piperidine rings is 1. The van der Waals surface area contributed by atoms with Gasteiger partial charge in [0.25, 0.3) is 5.91 Å². The number of carbonyl (C=O) groups excluding carboxylic acids is 4. The number of hydrogen-bond acceptors (Lipinski definition) is 11. The second-order valence-corrected chi connectivity index (χ2v) is 17.8. The molecule has 4 N–H and O–H groups in total. The first kappa shape index (κ1) is 44.7. The highest BCUT2D eigenvalue weighted by Crippen LogP contribution is 2.53. The molecule has 0 bridgehead atoms. The van der Waals surface area contributed by atoms with Crippen molar-refractivity contribution in [2.75, 3.05) is 34.5 Å². The maximum atomic E-state index is 14.4. The second-order valence-electron chi connectivity index (χ2n) is 17.8. The van der Waals surface area contributed by atoms with Gasteiger partial charge in [0, 0.05) is 36.6 Å². The van der Waals surface area contributed by atoms with Crippen LogP contribution in [0.4, 0.5) is 18.4 Å². The van der Waals surface area contributed by atoms with Gasteiger partial charge in [0.05, 0.1) is 61.9 Å². The van der Waals surface area contributed by atoms with Gasteiger partial charge in [-0.15, -0.1) is 0 Å². The molecule has 0 radical (unpaired) electrons. The largest absolute Gasteiger partial charge is 0.488 e. The number of imidazole rings is 2. The number of halogens is 2. The van der Waals surface area contributed by atoms with Crippen molar-refractivity contribution in [3.63, 3.8) is 0 Å². The van der Waals surface area contributed by atoms with E-state index in [0.717, 1.165) is 51.6 Å². The Morgan fingerprint density at radius 2 is 1.66 bits per heavy atom. The van der Waals surface area contributed by atoms with Crippen LogP contribution in [0.15, 0.2) is 79.0 Å². The van der Waals surface area contributed by atoms with Gasteiger partial charge in [-0.25, -0.2) is 19.6 Å². The molecule has 3 aliphatic heterocycles. The Morgan fingerprint density at radius 1 is 0.868 bits per heavy atom. The fraction of sp³-hybridized carbons (Fsp3) is 0.388. The van der Waals surface area contributed by atoms with Gasteiger partial charge in [-0.1, -0.05) is 48.5 Å². The molecule has 68 heavy (non-hydrogen) atoms. The summed E-state index contributed by atoms with van der Waals surface area (Å²) < 4.78 is 52.7. The van der Waals surface area contributed by atoms with Crippen LogP contribution in [0.5, 0.6) is 5.75 Å². The molecule has 19 heteroatoms. The quantitative estimate of drug-likeness (QED) is 0.0905. The smallest absolute Gasteiger partial charge is 0.407 e. The highest BCUT2D eigenvalue weighted by Gasteiger charge is 2.56. The number of ether oxygens (including phenoxy) is 5. The predicted octanol–water partition coefficient (Wildman–Crippen LogP) is 7.31. The molecule has 3 fully saturated rings. The minimum absolute atomic E-state index is 0.0651. The van der Waals surface area contributed by atoms with Crippen molar-refractivity contribution >= 4 is 45.8 Å². The van der Waals surface area contributed by atoms with Crippen LogP contribution in [-0.4, -0.2) is 113 Å². The zero-order valence-corrected chi connectivity index (χ0v) is 37.7. The summed E-state index contributed by atoms with van der Waals surface area (Å²) in [5, 5.41) is 7.02. The topological polar surface area (TPSA) is 202 Å². The first-order valence-corrected chi connectivity index (χ1v) is 22.5. The zero-order chi connectivity index (χ0) is 47.4. The summed E-state index contributed by atoms with van der Waals surface area (Å²) in [5.74, 6) is 1.04. The fourth-order valence-electron chi connectivity index (χ4n) is 10.2. The van der Waals surface area contributed by atoms with Crippen LogP contribution in [0.2, 0.25) is 0 Å². The van der Waals surface area contributed by atoms with Gasteiger partial charge in [0.15, 0.2) is 0 Å². The third kappa shape index (κ3) is 8.33. The number of nitrogens with one attached hydrogen (secondary N) is 4. The third-order valence-corrected chi connectivity index (χ3v) is 13.8. The minimum Gasteiger partial charge on any atom is -0.488 e. The van der Waals surface area contributed by atoms with E-state index in [0.29, 0.717) is 46.5 Å². The van der Waals surface area contributed by atoms with Crippen molar-refractivity contribution in [2.24, 2.45) is 11.8 Å². The van der Waals surface area contributed by atoms with E-state index in [4.69, 9.17) is 33.7 Å². The molecule has 6 aromatic rings. The van der Waals surface area contributed by atoms with E-state index >= 15 is 0 Å². The molecule has 0 spiro atoms. The highest BCUT2D eigenvalue weighted by atomic mass is 19.3. The Morgan fingerprint density at radius 3 is 2.43 bits per heavy atom. The number of alkyl halides is 2. The number of benzene rings is 4. The lowest BCUT2D eigenvalue weighted by molar-refractivity contribution is -0.140. The van der Waals surface area contributed by atoms with Gasteiger partial charge in [-0.3, -0.25) is 9.59 Å². The number of hydrogen-bond donors (Lipinski definition) is 4. The lowest BCUT2D eigenvalue weighted by atomic mass is 9.92. The maximum absolute atomic E-state index is 14.4. The lowest BCUT2D eigenvalue weighted by Gasteiger charge is -2.32. The number of carbonyl (C=O) groups is 4. The number of nitrogens with zero attached hydrogens (tertiary/aromatic N) is 4. The molecule has 4 aliphatic rings. The summed E-state index contributed by atoms with van der Waals surface area (Å²) >= 11 is 0. The maximum Gasteiger partial charge on any atom is 0.407 e. The molecule has 0 unspecified atom stereocenters. The number of aromatic amines is 2. The monoisotopic (exact) mass is 932 g/mol. The first-order chi connectivity index (χ1) is 32.9. The van der Waals surface area contributed by atoms with Crippen LogP contribution < -0.4 is 15.4 Å². The Hall–Kier alpha value is -7.12. The molecular weight excluding hydrogens is 883 g/mol. The van der Waals surface area contributed by atoms with Crippen LogP contribution in [0.3, 0.4) is 0 Å². The number of rotatable bonds is 13. The van der Waals surface area contributed by atoms with E-state index < -0.39 is 54.9 Å². The molecule has 2 saturated heterocycles. The predicted molar refractivity (Wildman–Crippen MR) is 242 cm³/mol. The Kier molecular flexibility index (Phi) is 11.9. The lowest BCUT2D eigenvalue weighted by Crippen LogP contribution is -2.54. The Bertz CT molecular complexity index is 2910. The van der Waals surface area contributed by atoms with Crippen LogP contribution in [0.1, 0.15) is 67.1 Å². The van der Waals surface area contributed by atoms with E-state index in [9.17, 15) is 28.0 Å². The minimum atomic E-state index is -2.97. The molecule has 2 aromatic heterocycles. The number of H-pyrrole nitrogens is 2. The molecule has 1 saturated carbocycles. The Labute approximate surface area is 388 Å². The average molecular weight is 933 g/mol. The van der Waals surface area contributed by atoms with Crippen molar-refractivity contribution in [2.45, 2.75) is 75.7 Å². The van der Waals surface area contributed by atoms with Gasteiger partial charge in [-0.2, -0.15) is 8.78 Å². The second kappa shape index (κ2) is 18.2. The molecule has 17 nitrogen and oxygen atoms in total. The molecule has 4 amide bonds. The molecular formula is C49H50F2N8O9. The number of aromatic nitrogens is 4. The number of fused-ring (bicyclic) bond motifs is 7. The molecule has 8 atom stereocenters. The summed E-state index contributed by atoms with van der Waals surface area (Å²) in [5.41, 5.74) is 6.47. The highest BCUT2D eigenvalue weighted by molar-refractivity contribution is 6.07. The van der Waals surface area contributed by atoms with E-state index in [1.54, 1.807) is 48.4 Å². The van der Waals surface area contributed by atoms with E-state index in [1.165, 1.54) is 21.3 Å². The van der Waals surface area contributed by atoms with Gasteiger partial charge in [-0.05, 0) is 84.0 Å². The van der Waals surface area contributed by atoms with Gasteiger partial charge in [0.2, 0.25) is 5.91 Å². The van der Waals surface area contributed by atoms with E-state index in [1.807, 2.05) is 29.2 Å². The van der Waals surface area contributed by atoms with Gasteiger partial charge in [0.1, 0.15) is 36.1 Å². The summed E-state index contributed by atoms with van der Waals surface area (Å²) in [6.45, 7) is -1.11. The number of methoxy groups -OCH3 is 3. The van der Waals surface area contributed by atoms with Crippen molar-refractivity contribution in [3.8, 4) is 28.1 Å². The first-order valence-electron chi connectivity index (χ1n) is 22.5. The molecule has 4 aromatic carbocycles. The van der Waals surface area contributed by atoms with Gasteiger partial charge < -0.3 is 54.1 Å². The van der Waals surface area contributed by atoms with Crippen LogP contribution in [-0.2, 0) is 35.1 Å². The molecule has 354 valence electrons. The van der Waals surface area contributed by atoms with Crippen LogP contribution >= 0.6 is 0 Å². The van der Waals surface area contributed by atoms with Crippen LogP contribution in [0, 0.1) is 11.8 Å². The average Bonchev–Trinajstić information content (AvgIpc) is 3.83. The standard InChI is InChI=1S/C49H50F2N8O9/c1-24(64-2)40(56-48(62)65-3)46(61)59-36-17-29(36)18-38(59)43-52-20-35(54-43)28-10-12-31-30(15-28)23-67-39-19-32-27(16-33(31)39)11-13-34-42(32)55-44(53-34)37-14-25(22-68-47(50)51)21-58(37)45(60)41(57-49(63)66-4)26-8-6-5-7-9-26/h5-13,15-16,19-20,24-25,29,36-38,40-41,47H,14,17-18,21-23H2,1-4H3,(H,52,54)(H,53,55)(H,56,62)(H,57,63)/t24-,25+,29-,36-,37+,38+,40+,41-/m1/s1. The number of likely N-dealkylation sites (tertiary alicyclic amines) is 2. The molecule has 10 rings (SSSR count). The van der Waals surface area contributed by atoms with Crippen molar-refractivity contribution in [3.05, 3.63) is 102 Å². The summed E-state index contributed by atoms with van der Waals surface area (Å²) in [6, 6.07) is 19.9. The third-order valence-electron chi connectivity index (χ3n) is 13.8. The fourth-order valence-corrected chi connectivity index (χ4v) is 10.2. The summed E-state index contributed by atoms with van der Waals surface area (Å²) in [6.07, 6.45) is 1.63. The van der Waals surface area contributed by atoms with Crippen molar-refractivity contribution < 1.29 is 51.6 Å². The summed E-state index contributed by atoms with van der Waals surface area (Å²) in [4.78, 5) is 73.2. The van der Waals surface area contributed by atoms with Crippen molar-refractivity contribution in [1.82, 2.24) is 40.4 Å². The number of amides is 4. The molecule has 1 aliphatic carbocycles. The summed E-state index contributed by atoms with van der Waals surface area (Å²) in [7, 11) is 3.96. The van der Waals surface area contributed by atoms with E-state index in [-0.39, 0.29) is 37.6 Å². The van der Waals surface area contributed by atoms with Crippen LogP contribution in [0.25, 0.3) is 44.2 Å².